The Kier molecular flexibility index (Phi) is 3.10. The van der Waals surface area contributed by atoms with Crippen LogP contribution in [0.15, 0.2) is 18.2 Å². The van der Waals surface area contributed by atoms with Crippen LogP contribution in [0.2, 0.25) is 0 Å². The maximum atomic E-state index is 6.16. The van der Waals surface area contributed by atoms with E-state index in [0.717, 1.165) is 16.5 Å². The first kappa shape index (κ1) is 15.0. The molecular weight excluding hydrogens is 291 g/mol. The second-order valence-corrected chi connectivity index (χ2v) is 7.54. The lowest BCUT2D eigenvalue weighted by atomic mass is 9.79. The summed E-state index contributed by atoms with van der Waals surface area (Å²) in [5, 5.41) is 0. The van der Waals surface area contributed by atoms with Gasteiger partial charge in [-0.05, 0) is 58.1 Å². The molecule has 1 saturated carbocycles. The summed E-state index contributed by atoms with van der Waals surface area (Å²) >= 11 is 0. The third-order valence-electron chi connectivity index (χ3n) is 5.30. The molecule has 0 unspecified atom stereocenters. The normalized spacial score (nSPS) is 22.7. The maximum absolute atomic E-state index is 6.16. The molecule has 6 heteroatoms. The lowest BCUT2D eigenvalue weighted by molar-refractivity contribution is 0.00578. The largest absolute Gasteiger partial charge is 0.494 e. The standard InChI is InChI=1S/C17H23BN2O3/c1-16(2)17(3,4)23-18(22-16)11-6-9-13-14(10-11)20(12-7-8-12)15(19-13)21-5/h6,9-10,12H,7-8H2,1-5H3. The predicted molar refractivity (Wildman–Crippen MR) is 90.3 cm³/mol. The third-order valence-corrected chi connectivity index (χ3v) is 5.30. The number of aromatic nitrogens is 2. The molecular formula is C17H23BN2O3. The zero-order chi connectivity index (χ0) is 16.4. The Morgan fingerprint density at radius 3 is 2.39 bits per heavy atom. The van der Waals surface area contributed by atoms with Crippen LogP contribution in [-0.4, -0.2) is 35.0 Å². The van der Waals surface area contributed by atoms with Crippen molar-refractivity contribution in [2.75, 3.05) is 7.11 Å². The molecule has 2 aliphatic rings. The molecule has 0 atom stereocenters. The van der Waals surface area contributed by atoms with Crippen LogP contribution in [0.25, 0.3) is 11.0 Å². The van der Waals surface area contributed by atoms with Crippen molar-refractivity contribution in [2.24, 2.45) is 0 Å². The van der Waals surface area contributed by atoms with Gasteiger partial charge in [0.15, 0.2) is 0 Å². The average Bonchev–Trinajstić information content (AvgIpc) is 3.20. The van der Waals surface area contributed by atoms with Gasteiger partial charge < -0.3 is 14.0 Å². The minimum atomic E-state index is -0.349. The van der Waals surface area contributed by atoms with Crippen molar-refractivity contribution in [2.45, 2.75) is 57.8 Å². The molecule has 1 aliphatic heterocycles. The number of hydrogen-bond donors (Lipinski definition) is 0. The van der Waals surface area contributed by atoms with Crippen molar-refractivity contribution in [1.82, 2.24) is 9.55 Å². The Labute approximate surface area is 137 Å². The highest BCUT2D eigenvalue weighted by atomic mass is 16.7. The first-order chi connectivity index (χ1) is 10.8. The van der Waals surface area contributed by atoms with E-state index < -0.39 is 0 Å². The zero-order valence-electron chi connectivity index (χ0n) is 14.4. The summed E-state index contributed by atoms with van der Waals surface area (Å²) in [6, 6.07) is 7.38. The van der Waals surface area contributed by atoms with Crippen molar-refractivity contribution in [3.8, 4) is 6.01 Å². The maximum Gasteiger partial charge on any atom is 0.494 e. The van der Waals surface area contributed by atoms with Crippen LogP contribution in [0.3, 0.4) is 0 Å². The minimum Gasteiger partial charge on any atom is -0.468 e. The van der Waals surface area contributed by atoms with Crippen LogP contribution in [0, 0.1) is 0 Å². The Bertz CT molecular complexity index is 749. The van der Waals surface area contributed by atoms with Gasteiger partial charge in [-0.2, -0.15) is 4.98 Å². The average molecular weight is 314 g/mol. The van der Waals surface area contributed by atoms with Crippen LogP contribution in [0.5, 0.6) is 6.01 Å². The number of rotatable bonds is 3. The highest BCUT2D eigenvalue weighted by molar-refractivity contribution is 6.62. The molecule has 1 saturated heterocycles. The van der Waals surface area contributed by atoms with Crippen molar-refractivity contribution in [3.63, 3.8) is 0 Å². The van der Waals surface area contributed by atoms with Crippen molar-refractivity contribution in [1.29, 1.82) is 0 Å². The molecule has 5 nitrogen and oxygen atoms in total. The van der Waals surface area contributed by atoms with E-state index in [2.05, 4.69) is 43.3 Å². The molecule has 2 heterocycles. The molecule has 122 valence electrons. The van der Waals surface area contributed by atoms with Gasteiger partial charge in [-0.3, -0.25) is 4.57 Å². The summed E-state index contributed by atoms with van der Waals surface area (Å²) in [5.41, 5.74) is 2.41. The van der Waals surface area contributed by atoms with Gasteiger partial charge in [0.1, 0.15) is 0 Å². The second-order valence-electron chi connectivity index (χ2n) is 7.54. The third kappa shape index (κ3) is 2.27. The van der Waals surface area contributed by atoms with Gasteiger partial charge in [-0.1, -0.05) is 6.07 Å². The van der Waals surface area contributed by atoms with Crippen molar-refractivity contribution >= 4 is 23.6 Å². The van der Waals surface area contributed by atoms with E-state index in [0.29, 0.717) is 12.1 Å². The predicted octanol–water partition coefficient (Wildman–Crippen LogP) is 2.68. The van der Waals surface area contributed by atoms with Crippen molar-refractivity contribution < 1.29 is 14.0 Å². The van der Waals surface area contributed by atoms with E-state index in [4.69, 9.17) is 14.0 Å². The smallest absolute Gasteiger partial charge is 0.468 e. The molecule has 0 spiro atoms. The molecule has 2 fully saturated rings. The Morgan fingerprint density at radius 1 is 1.17 bits per heavy atom. The lowest BCUT2D eigenvalue weighted by Gasteiger charge is -2.32. The van der Waals surface area contributed by atoms with Gasteiger partial charge in [0, 0.05) is 6.04 Å². The van der Waals surface area contributed by atoms with Gasteiger partial charge in [0.25, 0.3) is 6.01 Å². The van der Waals surface area contributed by atoms with E-state index in [9.17, 15) is 0 Å². The number of methoxy groups -OCH3 is 1. The summed E-state index contributed by atoms with van der Waals surface area (Å²) in [6.45, 7) is 8.29. The topological polar surface area (TPSA) is 45.5 Å². The van der Waals surface area contributed by atoms with Gasteiger partial charge in [-0.25, -0.2) is 0 Å². The van der Waals surface area contributed by atoms with Gasteiger partial charge in [0.2, 0.25) is 0 Å². The highest BCUT2D eigenvalue weighted by Crippen LogP contribution is 2.41. The molecule has 0 radical (unpaired) electrons. The first-order valence-corrected chi connectivity index (χ1v) is 8.24. The first-order valence-electron chi connectivity index (χ1n) is 8.24. The fourth-order valence-corrected chi connectivity index (χ4v) is 3.04. The lowest BCUT2D eigenvalue weighted by Crippen LogP contribution is -2.41. The van der Waals surface area contributed by atoms with Crippen LogP contribution in [-0.2, 0) is 9.31 Å². The monoisotopic (exact) mass is 314 g/mol. The van der Waals surface area contributed by atoms with Gasteiger partial charge in [0.05, 0.1) is 29.3 Å². The Balaban J connectivity index is 1.76. The van der Waals surface area contributed by atoms with E-state index in [-0.39, 0.29) is 18.3 Å². The van der Waals surface area contributed by atoms with Gasteiger partial charge >= 0.3 is 7.12 Å². The second kappa shape index (κ2) is 4.74. The Morgan fingerprint density at radius 2 is 1.83 bits per heavy atom. The van der Waals surface area contributed by atoms with E-state index >= 15 is 0 Å². The molecule has 1 aromatic carbocycles. The molecule has 4 rings (SSSR count). The van der Waals surface area contributed by atoms with Crippen LogP contribution in [0.1, 0.15) is 46.6 Å². The van der Waals surface area contributed by atoms with E-state index in [1.165, 1.54) is 12.8 Å². The van der Waals surface area contributed by atoms with Crippen LogP contribution < -0.4 is 10.2 Å². The number of hydrogen-bond acceptors (Lipinski definition) is 4. The number of ether oxygens (including phenoxy) is 1. The molecule has 1 aliphatic carbocycles. The quantitative estimate of drug-likeness (QED) is 0.817. The number of benzene rings is 1. The summed E-state index contributed by atoms with van der Waals surface area (Å²) in [5.74, 6) is 0. The van der Waals surface area contributed by atoms with E-state index in [1.54, 1.807) is 7.11 Å². The fraction of sp³-hybridized carbons (Fsp3) is 0.588. The summed E-state index contributed by atoms with van der Waals surface area (Å²) in [7, 11) is 1.33. The fourth-order valence-electron chi connectivity index (χ4n) is 3.04. The summed E-state index contributed by atoms with van der Waals surface area (Å²) < 4.78 is 20.0. The molecule has 0 amide bonds. The zero-order valence-corrected chi connectivity index (χ0v) is 14.4. The minimum absolute atomic E-state index is 0.332. The number of imidazole rings is 1. The van der Waals surface area contributed by atoms with E-state index in [1.807, 2.05) is 12.1 Å². The summed E-state index contributed by atoms with van der Waals surface area (Å²) in [4.78, 5) is 4.58. The number of nitrogens with zero attached hydrogens (tertiary/aromatic N) is 2. The highest BCUT2D eigenvalue weighted by Gasteiger charge is 2.51. The SMILES string of the molecule is COc1nc2ccc(B3OC(C)(C)C(C)(C)O3)cc2n1C1CC1. The molecule has 1 aromatic heterocycles. The van der Waals surface area contributed by atoms with Crippen LogP contribution >= 0.6 is 0 Å². The van der Waals surface area contributed by atoms with Gasteiger partial charge in [-0.15, -0.1) is 0 Å². The number of fused-ring (bicyclic) bond motifs is 1. The van der Waals surface area contributed by atoms with Crippen molar-refractivity contribution in [3.05, 3.63) is 18.2 Å². The van der Waals surface area contributed by atoms with Crippen LogP contribution in [0.4, 0.5) is 0 Å². The summed E-state index contributed by atoms with van der Waals surface area (Å²) in [6.07, 6.45) is 2.37. The Hall–Kier alpha value is -1.53. The molecule has 23 heavy (non-hydrogen) atoms. The molecule has 0 N–H and O–H groups in total. The molecule has 0 bridgehead atoms. The molecule has 2 aromatic rings.